The van der Waals surface area contributed by atoms with Crippen LogP contribution < -0.4 is 19.1 Å². The van der Waals surface area contributed by atoms with Gasteiger partial charge in [-0.3, -0.25) is 13.9 Å². The standard InChI is InChI=1S/C27H37N3O6S/c1-6-22(26(32)28-27(3,4)5)29(16-15-20-11-9-8-10-12-20)25(31)18-30(37(33,34)7-2)21-13-14-23-24(17-21)36-19-35-23/h8-14,17,22H,6-7,15-16,18-19H2,1-5H3,(H,28,32)/t22-/m1/s1. The third-order valence-electron chi connectivity index (χ3n) is 5.99. The number of anilines is 1. The molecule has 0 bridgehead atoms. The lowest BCUT2D eigenvalue weighted by molar-refractivity contribution is -0.140. The predicted molar refractivity (Wildman–Crippen MR) is 143 cm³/mol. The van der Waals surface area contributed by atoms with Crippen molar-refractivity contribution in [1.82, 2.24) is 10.2 Å². The second-order valence-corrected chi connectivity index (χ2v) is 12.1. The van der Waals surface area contributed by atoms with Crippen molar-refractivity contribution in [3.8, 4) is 11.5 Å². The molecule has 2 aromatic carbocycles. The smallest absolute Gasteiger partial charge is 0.244 e. The molecule has 0 aliphatic carbocycles. The highest BCUT2D eigenvalue weighted by atomic mass is 32.2. The number of fused-ring (bicyclic) bond motifs is 1. The largest absolute Gasteiger partial charge is 0.454 e. The maximum absolute atomic E-state index is 13.8. The zero-order chi connectivity index (χ0) is 27.2. The Bertz CT molecular complexity index is 1190. The Hall–Kier alpha value is -3.27. The van der Waals surface area contributed by atoms with Gasteiger partial charge < -0.3 is 19.7 Å². The average Bonchev–Trinajstić information content (AvgIpc) is 3.32. The molecule has 0 saturated carbocycles. The third-order valence-corrected chi connectivity index (χ3v) is 7.73. The van der Waals surface area contributed by atoms with Gasteiger partial charge in [-0.15, -0.1) is 0 Å². The summed E-state index contributed by atoms with van der Waals surface area (Å²) in [6.07, 6.45) is 0.906. The minimum Gasteiger partial charge on any atom is -0.454 e. The number of hydrogen-bond acceptors (Lipinski definition) is 6. The summed E-state index contributed by atoms with van der Waals surface area (Å²) in [5.41, 5.74) is 0.831. The van der Waals surface area contributed by atoms with E-state index in [2.05, 4.69) is 5.32 Å². The van der Waals surface area contributed by atoms with Gasteiger partial charge in [0, 0.05) is 18.2 Å². The van der Waals surface area contributed by atoms with Gasteiger partial charge >= 0.3 is 0 Å². The van der Waals surface area contributed by atoms with Crippen molar-refractivity contribution < 1.29 is 27.5 Å². The van der Waals surface area contributed by atoms with Crippen molar-refractivity contribution in [2.75, 3.05) is 29.9 Å². The molecule has 0 fully saturated rings. The van der Waals surface area contributed by atoms with E-state index in [1.807, 2.05) is 58.0 Å². The summed E-state index contributed by atoms with van der Waals surface area (Å²) in [5.74, 6) is 0.00268. The molecule has 0 saturated heterocycles. The number of sulfonamides is 1. The lowest BCUT2D eigenvalue weighted by Gasteiger charge is -2.34. The Kier molecular flexibility index (Phi) is 9.07. The Morgan fingerprint density at radius 1 is 1.03 bits per heavy atom. The molecule has 202 valence electrons. The van der Waals surface area contributed by atoms with Crippen molar-refractivity contribution in [2.24, 2.45) is 0 Å². The minimum absolute atomic E-state index is 0.0482. The second kappa shape index (κ2) is 11.9. The van der Waals surface area contributed by atoms with Crippen LogP contribution in [0.5, 0.6) is 11.5 Å². The van der Waals surface area contributed by atoms with Crippen molar-refractivity contribution in [1.29, 1.82) is 0 Å². The number of carbonyl (C=O) groups is 2. The highest BCUT2D eigenvalue weighted by Crippen LogP contribution is 2.36. The van der Waals surface area contributed by atoms with E-state index >= 15 is 0 Å². The fraction of sp³-hybridized carbons (Fsp3) is 0.481. The van der Waals surface area contributed by atoms with Crippen LogP contribution in [0.15, 0.2) is 48.5 Å². The van der Waals surface area contributed by atoms with Crippen LogP contribution in [0.1, 0.15) is 46.6 Å². The minimum atomic E-state index is -3.82. The van der Waals surface area contributed by atoms with E-state index in [1.165, 1.54) is 11.8 Å². The molecular formula is C27H37N3O6S. The van der Waals surface area contributed by atoms with E-state index in [9.17, 15) is 18.0 Å². The molecule has 9 nitrogen and oxygen atoms in total. The summed E-state index contributed by atoms with van der Waals surface area (Å²) in [5, 5.41) is 2.96. The highest BCUT2D eigenvalue weighted by molar-refractivity contribution is 7.92. The maximum atomic E-state index is 13.8. The zero-order valence-electron chi connectivity index (χ0n) is 22.2. The Morgan fingerprint density at radius 2 is 1.70 bits per heavy atom. The first kappa shape index (κ1) is 28.3. The van der Waals surface area contributed by atoms with Gasteiger partial charge in [0.1, 0.15) is 12.6 Å². The summed E-state index contributed by atoms with van der Waals surface area (Å²) in [4.78, 5) is 28.5. The van der Waals surface area contributed by atoms with Gasteiger partial charge in [-0.25, -0.2) is 8.42 Å². The van der Waals surface area contributed by atoms with Crippen LogP contribution >= 0.6 is 0 Å². The summed E-state index contributed by atoms with van der Waals surface area (Å²) in [6, 6.07) is 13.7. The number of carbonyl (C=O) groups excluding carboxylic acids is 2. The van der Waals surface area contributed by atoms with E-state index in [4.69, 9.17) is 9.47 Å². The number of nitrogens with zero attached hydrogens (tertiary/aromatic N) is 2. The van der Waals surface area contributed by atoms with Gasteiger partial charge in [-0.2, -0.15) is 0 Å². The molecule has 1 heterocycles. The molecule has 1 atom stereocenters. The summed E-state index contributed by atoms with van der Waals surface area (Å²) < 4.78 is 38.0. The Balaban J connectivity index is 1.93. The molecule has 1 aliphatic rings. The van der Waals surface area contributed by atoms with Crippen LogP contribution in [0, 0.1) is 0 Å². The first-order valence-electron chi connectivity index (χ1n) is 12.5. The van der Waals surface area contributed by atoms with Crippen LogP contribution in [0.25, 0.3) is 0 Å². The SMILES string of the molecule is CC[C@H](C(=O)NC(C)(C)C)N(CCc1ccccc1)C(=O)CN(c1ccc2c(c1)OCO2)S(=O)(=O)CC. The number of nitrogens with one attached hydrogen (secondary N) is 1. The van der Waals surface area contributed by atoms with E-state index in [0.29, 0.717) is 30.0 Å². The molecule has 37 heavy (non-hydrogen) atoms. The van der Waals surface area contributed by atoms with Gasteiger partial charge in [0.15, 0.2) is 11.5 Å². The molecule has 0 unspecified atom stereocenters. The number of ether oxygens (including phenoxy) is 2. The summed E-state index contributed by atoms with van der Waals surface area (Å²) >= 11 is 0. The van der Waals surface area contributed by atoms with Gasteiger partial charge in [0.05, 0.1) is 11.4 Å². The van der Waals surface area contributed by atoms with Gasteiger partial charge in [0.2, 0.25) is 28.6 Å². The average molecular weight is 532 g/mol. The lowest BCUT2D eigenvalue weighted by atomic mass is 10.1. The molecule has 0 aromatic heterocycles. The number of amides is 2. The van der Waals surface area contributed by atoms with Gasteiger partial charge in [-0.1, -0.05) is 37.3 Å². The topological polar surface area (TPSA) is 105 Å². The third kappa shape index (κ3) is 7.38. The van der Waals surface area contributed by atoms with Crippen LogP contribution in [0.2, 0.25) is 0 Å². The number of hydrogen-bond donors (Lipinski definition) is 1. The van der Waals surface area contributed by atoms with Crippen molar-refractivity contribution in [3.05, 3.63) is 54.1 Å². The van der Waals surface area contributed by atoms with Crippen LogP contribution in [0.3, 0.4) is 0 Å². The molecule has 2 amide bonds. The lowest BCUT2D eigenvalue weighted by Crippen LogP contribution is -2.56. The molecule has 1 N–H and O–H groups in total. The van der Waals surface area contributed by atoms with E-state index in [1.54, 1.807) is 18.2 Å². The molecule has 2 aromatic rings. The van der Waals surface area contributed by atoms with Gasteiger partial charge in [-0.05, 0) is 58.2 Å². The number of benzene rings is 2. The van der Waals surface area contributed by atoms with Crippen molar-refractivity contribution in [3.63, 3.8) is 0 Å². The quantitative estimate of drug-likeness (QED) is 0.477. The molecule has 10 heteroatoms. The molecule has 0 radical (unpaired) electrons. The fourth-order valence-electron chi connectivity index (χ4n) is 4.11. The normalized spacial score (nSPS) is 13.6. The Morgan fingerprint density at radius 3 is 2.32 bits per heavy atom. The Labute approximate surface area is 219 Å². The van der Waals surface area contributed by atoms with Crippen molar-refractivity contribution >= 4 is 27.5 Å². The highest BCUT2D eigenvalue weighted by Gasteiger charge is 2.33. The predicted octanol–water partition coefficient (Wildman–Crippen LogP) is 3.34. The first-order chi connectivity index (χ1) is 17.4. The molecule has 1 aliphatic heterocycles. The molecule has 0 spiro atoms. The van der Waals surface area contributed by atoms with E-state index in [0.717, 1.165) is 9.87 Å². The zero-order valence-corrected chi connectivity index (χ0v) is 23.0. The maximum Gasteiger partial charge on any atom is 0.244 e. The van der Waals surface area contributed by atoms with Crippen LogP contribution in [-0.4, -0.2) is 62.3 Å². The second-order valence-electron chi connectivity index (χ2n) is 9.93. The van der Waals surface area contributed by atoms with E-state index < -0.39 is 34.1 Å². The number of rotatable bonds is 11. The van der Waals surface area contributed by atoms with Crippen LogP contribution in [0.4, 0.5) is 5.69 Å². The summed E-state index contributed by atoms with van der Waals surface area (Å²) in [7, 11) is -3.82. The molecular weight excluding hydrogens is 494 g/mol. The fourth-order valence-corrected chi connectivity index (χ4v) is 5.16. The monoisotopic (exact) mass is 531 g/mol. The first-order valence-corrected chi connectivity index (χ1v) is 14.1. The van der Waals surface area contributed by atoms with Crippen LogP contribution in [-0.2, 0) is 26.0 Å². The van der Waals surface area contributed by atoms with Gasteiger partial charge in [0.25, 0.3) is 0 Å². The summed E-state index contributed by atoms with van der Waals surface area (Å²) in [6.45, 7) is 8.87. The van der Waals surface area contributed by atoms with E-state index in [-0.39, 0.29) is 25.0 Å². The molecule has 3 rings (SSSR count). The van der Waals surface area contributed by atoms with Crippen molar-refractivity contribution in [2.45, 2.75) is 59.0 Å².